The molecule has 0 bridgehead atoms. The zero-order chi connectivity index (χ0) is 9.52. The number of hydrogen-bond donors (Lipinski definition) is 1. The van der Waals surface area contributed by atoms with Crippen LogP contribution in [0.4, 0.5) is 0 Å². The van der Waals surface area contributed by atoms with Crippen molar-refractivity contribution >= 4 is 35.5 Å². The first kappa shape index (κ1) is 14.4. The van der Waals surface area contributed by atoms with E-state index in [-0.39, 0.29) is 48.2 Å². The third-order valence-corrected chi connectivity index (χ3v) is 2.52. The van der Waals surface area contributed by atoms with Crippen LogP contribution in [0.3, 0.4) is 0 Å². The van der Waals surface area contributed by atoms with E-state index in [0.717, 1.165) is 12.8 Å². The Hall–Kier alpha value is 0.430. The fourth-order valence-corrected chi connectivity index (χ4v) is 1.77. The van der Waals surface area contributed by atoms with Crippen LogP contribution < -0.4 is 5.73 Å². The molecule has 0 spiro atoms. The normalized spacial score (nSPS) is 18.9. The first-order chi connectivity index (χ1) is 6.33. The van der Waals surface area contributed by atoms with Crippen LogP contribution in [0.1, 0.15) is 44.9 Å². The van der Waals surface area contributed by atoms with Gasteiger partial charge in [0.05, 0.1) is 6.54 Å². The predicted molar refractivity (Wildman–Crippen MR) is 58.4 cm³/mol. The van der Waals surface area contributed by atoms with Gasteiger partial charge in [0, 0.05) is 0 Å². The van der Waals surface area contributed by atoms with Gasteiger partial charge in [-0.2, -0.15) is 0 Å². The Morgan fingerprint density at radius 2 is 1.64 bits per heavy atom. The molecule has 4 heteroatoms. The Bertz CT molecular complexity index is 156. The molecule has 0 saturated heterocycles. The second-order valence-electron chi connectivity index (χ2n) is 3.66. The zero-order valence-corrected chi connectivity index (χ0v) is 8.13. The van der Waals surface area contributed by atoms with Crippen molar-refractivity contribution < 1.29 is 9.53 Å². The Morgan fingerprint density at radius 3 is 2.14 bits per heavy atom. The van der Waals surface area contributed by atoms with Gasteiger partial charge in [-0.25, -0.2) is 0 Å². The minimum atomic E-state index is -0.259. The molecule has 0 unspecified atom stereocenters. The number of rotatable bonds is 2. The maximum atomic E-state index is 10.9. The van der Waals surface area contributed by atoms with Gasteiger partial charge >= 0.3 is 35.5 Å². The molecular formula is C10H20NNaO2. The summed E-state index contributed by atoms with van der Waals surface area (Å²) in [6.07, 6.45) is 8.42. The summed E-state index contributed by atoms with van der Waals surface area (Å²) in [4.78, 5) is 10.9. The number of carbonyl (C=O) groups excluding carboxylic acids is 1. The molecule has 0 aromatic rings. The quantitative estimate of drug-likeness (QED) is 0.544. The Kier molecular flexibility index (Phi) is 8.98. The summed E-state index contributed by atoms with van der Waals surface area (Å²) in [5.74, 6) is -0.259. The third-order valence-electron chi connectivity index (χ3n) is 2.52. The average Bonchev–Trinajstić information content (AvgIpc) is 2.09. The van der Waals surface area contributed by atoms with Crippen LogP contribution in [-0.4, -0.2) is 48.2 Å². The standard InChI is InChI=1S/C10H19NO2.Na.H/c11-8-10(12)13-9-6-4-2-1-3-5-7-9;;/h9H,1-8,11H2;;. The molecule has 78 valence electrons. The molecular weight excluding hydrogens is 189 g/mol. The summed E-state index contributed by atoms with van der Waals surface area (Å²) in [5.41, 5.74) is 5.18. The SMILES string of the molecule is NCC(=O)OC1CCCCCCC1.[NaH]. The maximum absolute atomic E-state index is 10.9. The van der Waals surface area contributed by atoms with Crippen LogP contribution in [0, 0.1) is 0 Å². The minimum absolute atomic E-state index is 0. The van der Waals surface area contributed by atoms with Gasteiger partial charge in [0.25, 0.3) is 0 Å². The second-order valence-corrected chi connectivity index (χ2v) is 3.66. The summed E-state index contributed by atoms with van der Waals surface area (Å²) in [7, 11) is 0. The first-order valence-corrected chi connectivity index (χ1v) is 5.22. The fourth-order valence-electron chi connectivity index (χ4n) is 1.77. The van der Waals surface area contributed by atoms with E-state index >= 15 is 0 Å². The van der Waals surface area contributed by atoms with E-state index in [1.807, 2.05) is 0 Å². The summed E-state index contributed by atoms with van der Waals surface area (Å²) in [6.45, 7) is 0.0104. The van der Waals surface area contributed by atoms with Crippen LogP contribution in [0.2, 0.25) is 0 Å². The molecule has 0 amide bonds. The van der Waals surface area contributed by atoms with Gasteiger partial charge in [0.15, 0.2) is 0 Å². The molecule has 1 rings (SSSR count). The van der Waals surface area contributed by atoms with Gasteiger partial charge < -0.3 is 10.5 Å². The van der Waals surface area contributed by atoms with Gasteiger partial charge in [-0.05, 0) is 25.7 Å². The van der Waals surface area contributed by atoms with Crippen molar-refractivity contribution in [1.29, 1.82) is 0 Å². The number of nitrogens with two attached hydrogens (primary N) is 1. The average molecular weight is 209 g/mol. The molecule has 0 aromatic carbocycles. The number of hydrogen-bond acceptors (Lipinski definition) is 3. The van der Waals surface area contributed by atoms with E-state index in [1.165, 1.54) is 32.1 Å². The van der Waals surface area contributed by atoms with Gasteiger partial charge in [-0.1, -0.05) is 19.3 Å². The van der Waals surface area contributed by atoms with Crippen LogP contribution in [0.15, 0.2) is 0 Å². The van der Waals surface area contributed by atoms with Gasteiger partial charge in [-0.3, -0.25) is 4.79 Å². The Labute approximate surface area is 108 Å². The Morgan fingerprint density at radius 1 is 1.14 bits per heavy atom. The number of ether oxygens (including phenoxy) is 1. The monoisotopic (exact) mass is 209 g/mol. The summed E-state index contributed by atoms with van der Waals surface area (Å²) >= 11 is 0. The molecule has 3 nitrogen and oxygen atoms in total. The van der Waals surface area contributed by atoms with Crippen molar-refractivity contribution in [3.05, 3.63) is 0 Å². The van der Waals surface area contributed by atoms with Crippen LogP contribution >= 0.6 is 0 Å². The molecule has 1 aliphatic carbocycles. The van der Waals surface area contributed by atoms with Crippen molar-refractivity contribution in [3.63, 3.8) is 0 Å². The van der Waals surface area contributed by atoms with Crippen LogP contribution in [-0.2, 0) is 9.53 Å². The molecule has 1 saturated carbocycles. The molecule has 0 atom stereocenters. The van der Waals surface area contributed by atoms with Crippen molar-refractivity contribution in [2.75, 3.05) is 6.54 Å². The zero-order valence-electron chi connectivity index (χ0n) is 8.13. The van der Waals surface area contributed by atoms with Crippen molar-refractivity contribution in [3.8, 4) is 0 Å². The molecule has 1 aliphatic rings. The summed E-state index contributed by atoms with van der Waals surface area (Å²) < 4.78 is 5.21. The molecule has 14 heavy (non-hydrogen) atoms. The van der Waals surface area contributed by atoms with Crippen LogP contribution in [0.5, 0.6) is 0 Å². The van der Waals surface area contributed by atoms with E-state index in [2.05, 4.69) is 0 Å². The predicted octanol–water partition coefficient (Wildman–Crippen LogP) is 0.953. The first-order valence-electron chi connectivity index (χ1n) is 5.22. The van der Waals surface area contributed by atoms with Crippen molar-refractivity contribution in [2.24, 2.45) is 5.73 Å². The van der Waals surface area contributed by atoms with E-state index in [1.54, 1.807) is 0 Å². The molecule has 0 aliphatic heterocycles. The van der Waals surface area contributed by atoms with Gasteiger partial charge in [0.2, 0.25) is 0 Å². The van der Waals surface area contributed by atoms with Gasteiger partial charge in [0.1, 0.15) is 6.10 Å². The van der Waals surface area contributed by atoms with E-state index in [9.17, 15) is 4.79 Å². The molecule has 1 fully saturated rings. The molecule has 2 N–H and O–H groups in total. The molecule has 0 radical (unpaired) electrons. The topological polar surface area (TPSA) is 52.3 Å². The fraction of sp³-hybridized carbons (Fsp3) is 0.900. The van der Waals surface area contributed by atoms with Crippen molar-refractivity contribution in [2.45, 2.75) is 51.0 Å². The van der Waals surface area contributed by atoms with Crippen molar-refractivity contribution in [1.82, 2.24) is 0 Å². The van der Waals surface area contributed by atoms with Gasteiger partial charge in [-0.15, -0.1) is 0 Å². The molecule has 0 aromatic heterocycles. The molecule has 0 heterocycles. The van der Waals surface area contributed by atoms with E-state index in [4.69, 9.17) is 10.5 Å². The Balaban J connectivity index is 0.00000169. The number of esters is 1. The number of carbonyl (C=O) groups is 1. The summed E-state index contributed by atoms with van der Waals surface area (Å²) in [5, 5.41) is 0. The second kappa shape index (κ2) is 8.72. The summed E-state index contributed by atoms with van der Waals surface area (Å²) in [6, 6.07) is 0. The van der Waals surface area contributed by atoms with E-state index in [0.29, 0.717) is 0 Å². The van der Waals surface area contributed by atoms with Crippen LogP contribution in [0.25, 0.3) is 0 Å². The van der Waals surface area contributed by atoms with E-state index < -0.39 is 0 Å². The third kappa shape index (κ3) is 6.02.